The average molecular weight is 320 g/mol. The lowest BCUT2D eigenvalue weighted by Crippen LogP contribution is -2.02. The number of nitrogens with zero attached hydrogens (tertiary/aromatic N) is 3. The molecule has 96 valence electrons. The fourth-order valence-corrected chi connectivity index (χ4v) is 2.10. The highest BCUT2D eigenvalue weighted by Crippen LogP contribution is 2.23. The third kappa shape index (κ3) is 2.37. The molecule has 0 aliphatic carbocycles. The van der Waals surface area contributed by atoms with Crippen LogP contribution in [0.1, 0.15) is 5.56 Å². The number of aromatic nitrogens is 4. The molecular weight excluding hydrogens is 310 g/mol. The van der Waals surface area contributed by atoms with E-state index in [4.69, 9.17) is 10.5 Å². The molecule has 2 aromatic heterocycles. The van der Waals surface area contributed by atoms with Crippen LogP contribution in [0.15, 0.2) is 34.9 Å². The molecule has 0 amide bonds. The Morgan fingerprint density at radius 1 is 1.26 bits per heavy atom. The number of hydrogen-bond donors (Lipinski definition) is 2. The second kappa shape index (κ2) is 4.85. The molecule has 6 nitrogen and oxygen atoms in total. The van der Waals surface area contributed by atoms with Crippen LogP contribution in [0, 0.1) is 0 Å². The van der Waals surface area contributed by atoms with Crippen molar-refractivity contribution in [3.8, 4) is 5.88 Å². The molecule has 0 spiro atoms. The normalized spacial score (nSPS) is 10.8. The Morgan fingerprint density at radius 2 is 2.11 bits per heavy atom. The summed E-state index contributed by atoms with van der Waals surface area (Å²) in [7, 11) is 0. The Kier molecular flexibility index (Phi) is 3.04. The van der Waals surface area contributed by atoms with Gasteiger partial charge in [-0.1, -0.05) is 34.1 Å². The fourth-order valence-electron chi connectivity index (χ4n) is 1.70. The predicted octanol–water partition coefficient (Wildman–Crippen LogP) is 2.28. The van der Waals surface area contributed by atoms with Crippen molar-refractivity contribution in [1.29, 1.82) is 0 Å². The minimum absolute atomic E-state index is 0.152. The summed E-state index contributed by atoms with van der Waals surface area (Å²) < 4.78 is 6.69. The minimum atomic E-state index is 0.152. The molecule has 0 aliphatic heterocycles. The van der Waals surface area contributed by atoms with Gasteiger partial charge in [0, 0.05) is 10.0 Å². The Bertz CT molecular complexity index is 727. The Balaban J connectivity index is 1.90. The van der Waals surface area contributed by atoms with E-state index in [1.54, 1.807) is 6.20 Å². The number of halogens is 1. The van der Waals surface area contributed by atoms with Gasteiger partial charge in [0.2, 0.25) is 11.8 Å². The molecule has 0 saturated carbocycles. The highest BCUT2D eigenvalue weighted by Gasteiger charge is 2.10. The molecule has 0 fully saturated rings. The van der Waals surface area contributed by atoms with E-state index < -0.39 is 0 Å². The smallest absolute Gasteiger partial charge is 0.229 e. The summed E-state index contributed by atoms with van der Waals surface area (Å²) in [6.45, 7) is 0.387. The lowest BCUT2D eigenvalue weighted by molar-refractivity contribution is 0.297. The SMILES string of the molecule is Nc1nc(OCc2ccccc2Br)c2cn[nH]c2n1. The largest absolute Gasteiger partial charge is 0.472 e. The van der Waals surface area contributed by atoms with Crippen molar-refractivity contribution in [2.75, 3.05) is 5.73 Å². The summed E-state index contributed by atoms with van der Waals surface area (Å²) in [5, 5.41) is 7.35. The maximum absolute atomic E-state index is 5.70. The Morgan fingerprint density at radius 3 is 2.95 bits per heavy atom. The Labute approximate surface area is 117 Å². The molecule has 0 bridgehead atoms. The molecule has 7 heteroatoms. The molecule has 3 N–H and O–H groups in total. The van der Waals surface area contributed by atoms with Gasteiger partial charge >= 0.3 is 0 Å². The third-order valence-electron chi connectivity index (χ3n) is 2.61. The fraction of sp³-hybridized carbons (Fsp3) is 0.0833. The van der Waals surface area contributed by atoms with Crippen LogP contribution < -0.4 is 10.5 Å². The summed E-state index contributed by atoms with van der Waals surface area (Å²) >= 11 is 3.47. The van der Waals surface area contributed by atoms with E-state index in [0.29, 0.717) is 23.5 Å². The number of anilines is 1. The zero-order valence-corrected chi connectivity index (χ0v) is 11.4. The van der Waals surface area contributed by atoms with Gasteiger partial charge in [0.25, 0.3) is 0 Å². The number of nitrogen functional groups attached to an aromatic ring is 1. The number of hydrogen-bond acceptors (Lipinski definition) is 5. The van der Waals surface area contributed by atoms with E-state index in [1.807, 2.05) is 24.3 Å². The first-order valence-electron chi connectivity index (χ1n) is 5.57. The first kappa shape index (κ1) is 11.9. The second-order valence-corrected chi connectivity index (χ2v) is 4.75. The number of H-pyrrole nitrogens is 1. The van der Waals surface area contributed by atoms with Crippen molar-refractivity contribution in [2.45, 2.75) is 6.61 Å². The van der Waals surface area contributed by atoms with E-state index in [9.17, 15) is 0 Å². The summed E-state index contributed by atoms with van der Waals surface area (Å²) in [6, 6.07) is 7.83. The predicted molar refractivity (Wildman–Crippen MR) is 74.6 cm³/mol. The molecule has 2 heterocycles. The first-order valence-corrected chi connectivity index (χ1v) is 6.36. The zero-order valence-electron chi connectivity index (χ0n) is 9.80. The van der Waals surface area contributed by atoms with Crippen LogP contribution in [-0.2, 0) is 6.61 Å². The van der Waals surface area contributed by atoms with Gasteiger partial charge in [0.05, 0.1) is 6.20 Å². The van der Waals surface area contributed by atoms with Crippen molar-refractivity contribution in [3.63, 3.8) is 0 Å². The van der Waals surface area contributed by atoms with Gasteiger partial charge in [0.1, 0.15) is 12.0 Å². The number of aromatic amines is 1. The standard InChI is InChI=1S/C12H10BrN5O/c13-9-4-2-1-3-7(9)6-19-11-8-5-15-18-10(8)16-12(14)17-11/h1-5H,6H2,(H3,14,15,16,17,18). The number of benzene rings is 1. The van der Waals surface area contributed by atoms with Crippen LogP contribution >= 0.6 is 15.9 Å². The van der Waals surface area contributed by atoms with Crippen molar-refractivity contribution in [2.24, 2.45) is 0 Å². The lowest BCUT2D eigenvalue weighted by Gasteiger charge is -2.08. The van der Waals surface area contributed by atoms with Crippen LogP contribution in [0.5, 0.6) is 5.88 Å². The molecular formula is C12H10BrN5O. The summed E-state index contributed by atoms with van der Waals surface area (Å²) in [5.74, 6) is 0.575. The van der Waals surface area contributed by atoms with Crippen LogP contribution in [0.25, 0.3) is 11.0 Å². The molecule has 19 heavy (non-hydrogen) atoms. The number of nitrogens with one attached hydrogen (secondary N) is 1. The monoisotopic (exact) mass is 319 g/mol. The Hall–Kier alpha value is -2.15. The van der Waals surface area contributed by atoms with Crippen LogP contribution in [0.4, 0.5) is 5.95 Å². The summed E-state index contributed by atoms with van der Waals surface area (Å²) in [4.78, 5) is 8.12. The van der Waals surface area contributed by atoms with Crippen molar-refractivity contribution in [3.05, 3.63) is 40.5 Å². The van der Waals surface area contributed by atoms with Crippen molar-refractivity contribution in [1.82, 2.24) is 20.2 Å². The van der Waals surface area contributed by atoms with Crippen LogP contribution in [0.3, 0.4) is 0 Å². The molecule has 3 aromatic rings. The van der Waals surface area contributed by atoms with Gasteiger partial charge in [0.15, 0.2) is 5.65 Å². The minimum Gasteiger partial charge on any atom is -0.472 e. The van der Waals surface area contributed by atoms with Gasteiger partial charge in [-0.05, 0) is 6.07 Å². The van der Waals surface area contributed by atoms with Gasteiger partial charge in [-0.2, -0.15) is 15.1 Å². The summed E-state index contributed by atoms with van der Waals surface area (Å²) in [5.41, 5.74) is 7.21. The topological polar surface area (TPSA) is 89.7 Å². The average Bonchev–Trinajstić information content (AvgIpc) is 2.85. The van der Waals surface area contributed by atoms with E-state index in [-0.39, 0.29) is 5.95 Å². The number of ether oxygens (including phenoxy) is 1. The van der Waals surface area contributed by atoms with Crippen molar-refractivity contribution >= 4 is 32.9 Å². The van der Waals surface area contributed by atoms with E-state index in [1.165, 1.54) is 0 Å². The van der Waals surface area contributed by atoms with Gasteiger partial charge in [-0.3, -0.25) is 5.10 Å². The first-order chi connectivity index (χ1) is 9.24. The van der Waals surface area contributed by atoms with Crippen molar-refractivity contribution < 1.29 is 4.74 Å². The highest BCUT2D eigenvalue weighted by atomic mass is 79.9. The molecule has 0 radical (unpaired) electrons. The quantitative estimate of drug-likeness (QED) is 0.773. The zero-order chi connectivity index (χ0) is 13.2. The van der Waals surface area contributed by atoms with E-state index in [0.717, 1.165) is 10.0 Å². The van der Waals surface area contributed by atoms with Gasteiger partial charge in [-0.15, -0.1) is 0 Å². The molecule has 0 atom stereocenters. The third-order valence-corrected chi connectivity index (χ3v) is 3.39. The van der Waals surface area contributed by atoms with Crippen LogP contribution in [0.2, 0.25) is 0 Å². The maximum atomic E-state index is 5.70. The van der Waals surface area contributed by atoms with E-state index in [2.05, 4.69) is 36.1 Å². The highest BCUT2D eigenvalue weighted by molar-refractivity contribution is 9.10. The maximum Gasteiger partial charge on any atom is 0.229 e. The molecule has 0 saturated heterocycles. The molecule has 1 aromatic carbocycles. The van der Waals surface area contributed by atoms with Gasteiger partial charge in [-0.25, -0.2) is 0 Å². The van der Waals surface area contributed by atoms with Crippen LogP contribution in [-0.4, -0.2) is 20.2 Å². The number of rotatable bonds is 3. The number of nitrogens with two attached hydrogens (primary N) is 1. The summed E-state index contributed by atoms with van der Waals surface area (Å²) in [6.07, 6.45) is 1.62. The van der Waals surface area contributed by atoms with E-state index >= 15 is 0 Å². The number of fused-ring (bicyclic) bond motifs is 1. The second-order valence-electron chi connectivity index (χ2n) is 3.90. The molecule has 0 unspecified atom stereocenters. The van der Waals surface area contributed by atoms with Gasteiger partial charge < -0.3 is 10.5 Å². The molecule has 0 aliphatic rings. The molecule has 3 rings (SSSR count). The lowest BCUT2D eigenvalue weighted by atomic mass is 10.2.